The molecule has 22 heavy (non-hydrogen) atoms. The number of likely N-dealkylation sites (tertiary alicyclic amines) is 1. The van der Waals surface area contributed by atoms with Gasteiger partial charge in [0.2, 0.25) is 10.0 Å². The van der Waals surface area contributed by atoms with Crippen LogP contribution in [-0.2, 0) is 21.3 Å². The van der Waals surface area contributed by atoms with Crippen LogP contribution in [0.15, 0.2) is 16.8 Å². The van der Waals surface area contributed by atoms with Crippen LogP contribution in [0.1, 0.15) is 25.3 Å². The van der Waals surface area contributed by atoms with Crippen LogP contribution in [0.5, 0.6) is 0 Å². The quantitative estimate of drug-likeness (QED) is 0.883. The van der Waals surface area contributed by atoms with Crippen molar-refractivity contribution in [1.82, 2.24) is 9.62 Å². The van der Waals surface area contributed by atoms with Crippen LogP contribution in [0, 0.1) is 5.92 Å². The molecule has 3 rings (SSSR count). The van der Waals surface area contributed by atoms with E-state index >= 15 is 0 Å². The molecule has 124 valence electrons. The zero-order valence-corrected chi connectivity index (χ0v) is 14.5. The van der Waals surface area contributed by atoms with Crippen molar-refractivity contribution in [3.05, 3.63) is 22.4 Å². The van der Waals surface area contributed by atoms with E-state index in [0.717, 1.165) is 39.1 Å². The number of nitrogens with one attached hydrogen (secondary N) is 1. The SMILES string of the molecule is CCS(=O)(=O)N[C@@H]1CN(Cc2ccsc2)C[C@@H]2CCCO[C@@H]21. The summed E-state index contributed by atoms with van der Waals surface area (Å²) in [5.74, 6) is 0.538. The number of hydrogen-bond acceptors (Lipinski definition) is 5. The summed E-state index contributed by atoms with van der Waals surface area (Å²) in [6, 6.07) is 2.00. The van der Waals surface area contributed by atoms with Gasteiger partial charge in [0.15, 0.2) is 0 Å². The van der Waals surface area contributed by atoms with Crippen molar-refractivity contribution >= 4 is 21.4 Å². The maximum absolute atomic E-state index is 12.0. The molecule has 0 aliphatic carbocycles. The van der Waals surface area contributed by atoms with E-state index in [1.54, 1.807) is 18.3 Å². The first-order valence-electron chi connectivity index (χ1n) is 7.92. The highest BCUT2D eigenvalue weighted by Crippen LogP contribution is 2.30. The Balaban J connectivity index is 1.73. The molecule has 0 radical (unpaired) electrons. The van der Waals surface area contributed by atoms with Crippen molar-refractivity contribution in [3.63, 3.8) is 0 Å². The summed E-state index contributed by atoms with van der Waals surface area (Å²) >= 11 is 1.70. The van der Waals surface area contributed by atoms with E-state index in [-0.39, 0.29) is 17.9 Å². The van der Waals surface area contributed by atoms with Gasteiger partial charge in [0.1, 0.15) is 0 Å². The van der Waals surface area contributed by atoms with E-state index in [2.05, 4.69) is 26.4 Å². The predicted octanol–water partition coefficient (Wildman–Crippen LogP) is 1.67. The van der Waals surface area contributed by atoms with Crippen molar-refractivity contribution < 1.29 is 13.2 Å². The largest absolute Gasteiger partial charge is 0.376 e. The molecule has 1 aromatic rings. The van der Waals surface area contributed by atoms with Gasteiger partial charge in [-0.25, -0.2) is 13.1 Å². The van der Waals surface area contributed by atoms with Crippen LogP contribution in [0.3, 0.4) is 0 Å². The fraction of sp³-hybridized carbons (Fsp3) is 0.733. The average Bonchev–Trinajstić information content (AvgIpc) is 3.00. The van der Waals surface area contributed by atoms with Crippen LogP contribution in [0.2, 0.25) is 0 Å². The first kappa shape index (κ1) is 16.4. The molecule has 3 atom stereocenters. The van der Waals surface area contributed by atoms with E-state index in [9.17, 15) is 8.42 Å². The molecule has 1 aromatic heterocycles. The molecule has 7 heteroatoms. The molecule has 2 aliphatic heterocycles. The van der Waals surface area contributed by atoms with Crippen LogP contribution < -0.4 is 4.72 Å². The minimum absolute atomic E-state index is 0.0220. The lowest BCUT2D eigenvalue weighted by Gasteiger charge is -2.45. The van der Waals surface area contributed by atoms with Crippen molar-refractivity contribution in [2.24, 2.45) is 5.92 Å². The van der Waals surface area contributed by atoms with Crippen LogP contribution in [0.25, 0.3) is 0 Å². The summed E-state index contributed by atoms with van der Waals surface area (Å²) in [4.78, 5) is 2.36. The molecule has 0 aromatic carbocycles. The zero-order chi connectivity index (χ0) is 15.6. The first-order valence-corrected chi connectivity index (χ1v) is 10.5. The number of piperidine rings is 1. The molecular weight excluding hydrogens is 320 g/mol. The highest BCUT2D eigenvalue weighted by atomic mass is 32.2. The Morgan fingerprint density at radius 1 is 1.45 bits per heavy atom. The molecule has 2 aliphatic rings. The minimum atomic E-state index is -3.21. The molecule has 3 heterocycles. The summed E-state index contributed by atoms with van der Waals surface area (Å²) in [5.41, 5.74) is 1.30. The number of hydrogen-bond donors (Lipinski definition) is 1. The molecule has 0 amide bonds. The summed E-state index contributed by atoms with van der Waals surface area (Å²) < 4.78 is 32.7. The number of nitrogens with zero attached hydrogens (tertiary/aromatic N) is 1. The molecule has 0 saturated carbocycles. The van der Waals surface area contributed by atoms with E-state index in [4.69, 9.17) is 4.74 Å². The third-order valence-electron chi connectivity index (χ3n) is 4.54. The second kappa shape index (κ2) is 6.97. The molecule has 1 N–H and O–H groups in total. The fourth-order valence-corrected chi connectivity index (χ4v) is 4.98. The lowest BCUT2D eigenvalue weighted by molar-refractivity contribution is -0.0823. The van der Waals surface area contributed by atoms with Crippen LogP contribution >= 0.6 is 11.3 Å². The summed E-state index contributed by atoms with van der Waals surface area (Å²) in [5, 5.41) is 4.25. The van der Waals surface area contributed by atoms with Gasteiger partial charge in [0.25, 0.3) is 0 Å². The number of thiophene rings is 1. The molecule has 0 unspecified atom stereocenters. The van der Waals surface area contributed by atoms with Gasteiger partial charge >= 0.3 is 0 Å². The highest BCUT2D eigenvalue weighted by Gasteiger charge is 2.40. The topological polar surface area (TPSA) is 58.6 Å². The smallest absolute Gasteiger partial charge is 0.211 e. The van der Waals surface area contributed by atoms with Gasteiger partial charge in [0, 0.05) is 26.2 Å². The molecular formula is C15H24N2O3S2. The van der Waals surface area contributed by atoms with E-state index < -0.39 is 10.0 Å². The van der Waals surface area contributed by atoms with Gasteiger partial charge in [-0.15, -0.1) is 0 Å². The van der Waals surface area contributed by atoms with Gasteiger partial charge in [-0.1, -0.05) is 0 Å². The Morgan fingerprint density at radius 3 is 3.05 bits per heavy atom. The second-order valence-electron chi connectivity index (χ2n) is 6.19. The Kier molecular flexibility index (Phi) is 5.19. The Morgan fingerprint density at radius 2 is 2.32 bits per heavy atom. The van der Waals surface area contributed by atoms with Gasteiger partial charge < -0.3 is 4.74 Å². The Bertz CT molecular complexity index is 574. The minimum Gasteiger partial charge on any atom is -0.376 e. The van der Waals surface area contributed by atoms with Crippen molar-refractivity contribution in [2.45, 2.75) is 38.5 Å². The van der Waals surface area contributed by atoms with Crippen LogP contribution in [0.4, 0.5) is 0 Å². The van der Waals surface area contributed by atoms with E-state index in [0.29, 0.717) is 5.92 Å². The fourth-order valence-electron chi connectivity index (χ4n) is 3.48. The average molecular weight is 345 g/mol. The standard InChI is InChI=1S/C15H24N2O3S2/c1-2-22(18,19)16-14-10-17(8-12-5-7-21-11-12)9-13-4-3-6-20-15(13)14/h5,7,11,13-16H,2-4,6,8-10H2,1H3/t13-,14+,15-/m0/s1. The van der Waals surface area contributed by atoms with Gasteiger partial charge in [-0.05, 0) is 48.1 Å². The van der Waals surface area contributed by atoms with E-state index in [1.807, 2.05) is 0 Å². The van der Waals surface area contributed by atoms with Gasteiger partial charge in [0.05, 0.1) is 17.9 Å². The first-order chi connectivity index (χ1) is 10.6. The molecule has 2 saturated heterocycles. The van der Waals surface area contributed by atoms with Crippen molar-refractivity contribution in [1.29, 1.82) is 0 Å². The van der Waals surface area contributed by atoms with E-state index in [1.165, 1.54) is 5.56 Å². The van der Waals surface area contributed by atoms with Crippen LogP contribution in [-0.4, -0.2) is 50.9 Å². The third-order valence-corrected chi connectivity index (χ3v) is 6.69. The molecule has 0 spiro atoms. The van der Waals surface area contributed by atoms with Gasteiger partial charge in [-0.2, -0.15) is 11.3 Å². The zero-order valence-electron chi connectivity index (χ0n) is 12.9. The lowest BCUT2D eigenvalue weighted by atomic mass is 9.85. The predicted molar refractivity (Wildman–Crippen MR) is 88.4 cm³/mol. The van der Waals surface area contributed by atoms with Gasteiger partial charge in [-0.3, -0.25) is 4.90 Å². The number of sulfonamides is 1. The monoisotopic (exact) mass is 344 g/mol. The van der Waals surface area contributed by atoms with Crippen molar-refractivity contribution in [3.8, 4) is 0 Å². The number of ether oxygens (including phenoxy) is 1. The Hall–Kier alpha value is -0.470. The lowest BCUT2D eigenvalue weighted by Crippen LogP contribution is -2.60. The number of rotatable bonds is 5. The second-order valence-corrected chi connectivity index (χ2v) is 9.01. The van der Waals surface area contributed by atoms with Crippen molar-refractivity contribution in [2.75, 3.05) is 25.4 Å². The summed E-state index contributed by atoms with van der Waals surface area (Å²) in [7, 11) is -3.21. The summed E-state index contributed by atoms with van der Waals surface area (Å²) in [6.07, 6.45) is 2.21. The third kappa shape index (κ3) is 3.89. The summed E-state index contributed by atoms with van der Waals surface area (Å²) in [6.45, 7) is 5.02. The maximum Gasteiger partial charge on any atom is 0.211 e. The molecule has 2 fully saturated rings. The molecule has 0 bridgehead atoms. The number of fused-ring (bicyclic) bond motifs is 1. The maximum atomic E-state index is 12.0. The highest BCUT2D eigenvalue weighted by molar-refractivity contribution is 7.89. The Labute approximate surface area is 136 Å². The molecule has 5 nitrogen and oxygen atoms in total. The normalized spacial score (nSPS) is 30.1.